The lowest BCUT2D eigenvalue weighted by atomic mass is 10.1. The lowest BCUT2D eigenvalue weighted by molar-refractivity contribution is -0.137. The Balaban J connectivity index is 2.96. The first-order chi connectivity index (χ1) is 8.85. The van der Waals surface area contributed by atoms with E-state index < -0.39 is 18.1 Å². The summed E-state index contributed by atoms with van der Waals surface area (Å²) in [6.45, 7) is 0. The van der Waals surface area contributed by atoms with Gasteiger partial charge in [-0.3, -0.25) is 4.79 Å². The van der Waals surface area contributed by atoms with Crippen molar-refractivity contribution in [3.8, 4) is 5.75 Å². The molecule has 0 aliphatic heterocycles. The van der Waals surface area contributed by atoms with Gasteiger partial charge in [0.1, 0.15) is 12.0 Å². The number of carbonyl (C=O) groups is 2. The number of hydrogen-bond acceptors (Lipinski definition) is 5. The number of carboxylic acids is 1. The van der Waals surface area contributed by atoms with Crippen LogP contribution in [-0.2, 0) is 9.59 Å². The Morgan fingerprint density at radius 3 is 2.37 bits per heavy atom. The Bertz CT molecular complexity index is 473. The molecule has 0 fully saturated rings. The highest BCUT2D eigenvalue weighted by Crippen LogP contribution is 2.35. The van der Waals surface area contributed by atoms with Crippen molar-refractivity contribution in [2.75, 3.05) is 5.32 Å². The number of carboxylic acid groups (broad SMARTS) is 1. The summed E-state index contributed by atoms with van der Waals surface area (Å²) in [6, 6.07) is 1.44. The van der Waals surface area contributed by atoms with Crippen molar-refractivity contribution in [1.82, 2.24) is 0 Å². The van der Waals surface area contributed by atoms with E-state index in [1.165, 1.54) is 0 Å². The Morgan fingerprint density at radius 2 is 1.95 bits per heavy atom. The highest BCUT2D eigenvalue weighted by molar-refractivity contribution is 9.11. The van der Waals surface area contributed by atoms with Gasteiger partial charge in [-0.05, 0) is 44.0 Å². The normalized spacial score (nSPS) is 13.6. The van der Waals surface area contributed by atoms with Crippen LogP contribution in [0.5, 0.6) is 5.75 Å². The number of benzene rings is 1. The molecular weight excluding hydrogens is 384 g/mol. The second kappa shape index (κ2) is 6.88. The number of aliphatic carboxylic acids is 1. The molecule has 6 nitrogen and oxygen atoms in total. The maximum Gasteiger partial charge on any atom is 0.305 e. The zero-order valence-electron chi connectivity index (χ0n) is 9.64. The van der Waals surface area contributed by atoms with E-state index in [-0.39, 0.29) is 12.2 Å². The Kier molecular flexibility index (Phi) is 5.77. The third kappa shape index (κ3) is 4.48. The van der Waals surface area contributed by atoms with Gasteiger partial charge >= 0.3 is 5.97 Å². The van der Waals surface area contributed by atoms with Gasteiger partial charge in [0.2, 0.25) is 0 Å². The first kappa shape index (κ1) is 15.9. The van der Waals surface area contributed by atoms with E-state index in [9.17, 15) is 14.7 Å². The lowest BCUT2D eigenvalue weighted by Gasteiger charge is -2.21. The summed E-state index contributed by atoms with van der Waals surface area (Å²) in [5, 5.41) is 21.2. The van der Waals surface area contributed by atoms with Gasteiger partial charge in [0.25, 0.3) is 0 Å². The van der Waals surface area contributed by atoms with Gasteiger partial charge in [-0.2, -0.15) is 0 Å². The average molecular weight is 396 g/mol. The Hall–Kier alpha value is -1.12. The molecule has 0 radical (unpaired) electrons. The van der Waals surface area contributed by atoms with Crippen molar-refractivity contribution in [1.29, 1.82) is 0 Å². The monoisotopic (exact) mass is 394 g/mol. The number of nitrogens with one attached hydrogen (secondary N) is 1. The Morgan fingerprint density at radius 1 is 1.42 bits per heavy atom. The molecule has 0 saturated carbocycles. The second-order valence-corrected chi connectivity index (χ2v) is 5.56. The molecule has 8 heteroatoms. The van der Waals surface area contributed by atoms with Crippen molar-refractivity contribution in [3.05, 3.63) is 21.1 Å². The van der Waals surface area contributed by atoms with Crippen LogP contribution in [0.1, 0.15) is 6.42 Å². The summed E-state index contributed by atoms with van der Waals surface area (Å²) >= 11 is 6.31. The molecule has 0 spiro atoms. The van der Waals surface area contributed by atoms with Crippen LogP contribution in [0.15, 0.2) is 21.1 Å². The molecule has 0 saturated heterocycles. The third-order valence-corrected chi connectivity index (χ3v) is 3.59. The van der Waals surface area contributed by atoms with Gasteiger partial charge in [0.15, 0.2) is 0 Å². The van der Waals surface area contributed by atoms with Gasteiger partial charge in [0, 0.05) is 5.69 Å². The highest BCUT2D eigenvalue weighted by atomic mass is 79.9. The van der Waals surface area contributed by atoms with Gasteiger partial charge < -0.3 is 26.1 Å². The van der Waals surface area contributed by atoms with E-state index in [0.717, 1.165) is 0 Å². The first-order valence-corrected chi connectivity index (χ1v) is 6.81. The summed E-state index contributed by atoms with van der Waals surface area (Å²) in [6.07, 6.45) is 0.196. The fourth-order valence-corrected chi connectivity index (χ4v) is 2.62. The fraction of sp³-hybridized carbons (Fsp3) is 0.273. The number of anilines is 1. The number of nitrogens with two attached hydrogens (primary N) is 1. The number of aldehydes is 1. The van der Waals surface area contributed by atoms with Crippen molar-refractivity contribution in [2.45, 2.75) is 18.5 Å². The largest absolute Gasteiger partial charge is 0.506 e. The predicted molar refractivity (Wildman–Crippen MR) is 77.2 cm³/mol. The number of rotatable bonds is 6. The topological polar surface area (TPSA) is 113 Å². The van der Waals surface area contributed by atoms with Crippen LogP contribution in [0.4, 0.5) is 5.69 Å². The average Bonchev–Trinajstić information content (AvgIpc) is 2.33. The highest BCUT2D eigenvalue weighted by Gasteiger charge is 2.21. The minimum atomic E-state index is -1.06. The quantitative estimate of drug-likeness (QED) is 0.430. The first-order valence-electron chi connectivity index (χ1n) is 5.22. The van der Waals surface area contributed by atoms with E-state index in [0.29, 0.717) is 20.9 Å². The second-order valence-electron chi connectivity index (χ2n) is 3.85. The summed E-state index contributed by atoms with van der Waals surface area (Å²) < 4.78 is 0.858. The number of hydrogen-bond donors (Lipinski definition) is 4. The molecule has 1 aromatic rings. The number of phenols is 1. The van der Waals surface area contributed by atoms with Crippen molar-refractivity contribution in [2.24, 2.45) is 5.73 Å². The van der Waals surface area contributed by atoms with Crippen LogP contribution in [-0.4, -0.2) is 34.6 Å². The number of carbonyl (C=O) groups excluding carboxylic acids is 1. The summed E-state index contributed by atoms with van der Waals surface area (Å²) in [5.41, 5.74) is 6.08. The molecular formula is C11H12Br2N2O4. The molecule has 0 heterocycles. The van der Waals surface area contributed by atoms with E-state index in [1.807, 2.05) is 0 Å². The van der Waals surface area contributed by atoms with E-state index in [2.05, 4.69) is 37.2 Å². The van der Waals surface area contributed by atoms with Crippen molar-refractivity contribution in [3.63, 3.8) is 0 Å². The smallest absolute Gasteiger partial charge is 0.305 e. The molecule has 0 aliphatic carbocycles. The van der Waals surface area contributed by atoms with Crippen molar-refractivity contribution >= 4 is 49.8 Å². The standard InChI is InChI=1S/C11H12Br2N2O4/c12-6-1-5(2-7(13)11(6)19)15-9(3-10(17)18)8(14)4-16/h1-2,4,8-9,15,19H,3,14H2,(H,17,18)/t8-,9?/m1/s1. The number of phenolic OH excluding ortho intramolecular Hbond substituents is 1. The molecule has 5 N–H and O–H groups in total. The summed E-state index contributed by atoms with van der Waals surface area (Å²) in [4.78, 5) is 21.4. The lowest BCUT2D eigenvalue weighted by Crippen LogP contribution is -2.42. The van der Waals surface area contributed by atoms with Gasteiger partial charge in [-0.1, -0.05) is 0 Å². The molecule has 0 aliphatic rings. The van der Waals surface area contributed by atoms with Gasteiger partial charge in [0.05, 0.1) is 27.4 Å². The SMILES string of the molecule is N[C@H](C=O)C(CC(=O)O)Nc1cc(Br)c(O)c(Br)c1. The minimum absolute atomic E-state index is 0.0278. The third-order valence-electron chi connectivity index (χ3n) is 2.39. The fourth-order valence-electron chi connectivity index (χ4n) is 1.43. The number of halogens is 2. The molecule has 2 atom stereocenters. The van der Waals surface area contributed by atoms with Gasteiger partial charge in [-0.25, -0.2) is 0 Å². The number of aromatic hydroxyl groups is 1. The van der Waals surface area contributed by atoms with Gasteiger partial charge in [-0.15, -0.1) is 0 Å². The van der Waals surface area contributed by atoms with Crippen LogP contribution >= 0.6 is 31.9 Å². The van der Waals surface area contributed by atoms with Crippen LogP contribution in [0, 0.1) is 0 Å². The van der Waals surface area contributed by atoms with E-state index >= 15 is 0 Å². The Labute approximate surface area is 126 Å². The minimum Gasteiger partial charge on any atom is -0.506 e. The molecule has 0 bridgehead atoms. The molecule has 104 valence electrons. The van der Waals surface area contributed by atoms with Crippen molar-refractivity contribution < 1.29 is 19.8 Å². The van der Waals surface area contributed by atoms with E-state index in [4.69, 9.17) is 10.8 Å². The zero-order chi connectivity index (χ0) is 14.6. The molecule has 0 aromatic heterocycles. The molecule has 1 aromatic carbocycles. The molecule has 0 amide bonds. The maximum atomic E-state index is 10.7. The molecule has 1 rings (SSSR count). The van der Waals surface area contributed by atoms with Crippen LogP contribution in [0.25, 0.3) is 0 Å². The summed E-state index contributed by atoms with van der Waals surface area (Å²) in [7, 11) is 0. The maximum absolute atomic E-state index is 10.7. The predicted octanol–water partition coefficient (Wildman–Crippen LogP) is 1.70. The van der Waals surface area contributed by atoms with Crippen LogP contribution in [0.3, 0.4) is 0 Å². The van der Waals surface area contributed by atoms with E-state index in [1.54, 1.807) is 12.1 Å². The molecule has 1 unspecified atom stereocenters. The summed E-state index contributed by atoms with van der Waals surface area (Å²) in [5.74, 6) is -1.04. The van der Waals surface area contributed by atoms with Crippen LogP contribution < -0.4 is 11.1 Å². The zero-order valence-corrected chi connectivity index (χ0v) is 12.8. The van der Waals surface area contributed by atoms with Crippen LogP contribution in [0.2, 0.25) is 0 Å². The molecule has 19 heavy (non-hydrogen) atoms.